The number of fused-ring (bicyclic) bond motifs is 3. The SMILES string of the molecule is CC(C)(C)OC(=O)N1CC2(c3ccc(I)cc3)CCC1CO2. The van der Waals surface area contributed by atoms with E-state index in [2.05, 4.69) is 46.9 Å². The van der Waals surface area contributed by atoms with Crippen LogP contribution >= 0.6 is 22.6 Å². The monoisotopic (exact) mass is 415 g/mol. The summed E-state index contributed by atoms with van der Waals surface area (Å²) in [7, 11) is 0. The summed E-state index contributed by atoms with van der Waals surface area (Å²) in [6.07, 6.45) is 1.69. The highest BCUT2D eigenvalue weighted by Crippen LogP contribution is 2.42. The van der Waals surface area contributed by atoms with Gasteiger partial charge in [-0.05, 0) is 73.9 Å². The molecule has 4 rings (SSSR count). The number of amides is 1. The number of nitrogens with zero attached hydrogens (tertiary/aromatic N) is 1. The Balaban J connectivity index is 1.83. The van der Waals surface area contributed by atoms with E-state index in [4.69, 9.17) is 9.47 Å². The minimum atomic E-state index is -0.468. The molecule has 2 atom stereocenters. The average molecular weight is 415 g/mol. The van der Waals surface area contributed by atoms with Crippen molar-refractivity contribution in [2.24, 2.45) is 0 Å². The maximum Gasteiger partial charge on any atom is 0.410 e. The summed E-state index contributed by atoms with van der Waals surface area (Å²) in [6.45, 7) is 6.87. The number of ether oxygens (including phenoxy) is 2. The fourth-order valence-electron chi connectivity index (χ4n) is 3.19. The van der Waals surface area contributed by atoms with Crippen molar-refractivity contribution < 1.29 is 14.3 Å². The topological polar surface area (TPSA) is 38.8 Å². The molecule has 22 heavy (non-hydrogen) atoms. The van der Waals surface area contributed by atoms with Gasteiger partial charge in [-0.2, -0.15) is 0 Å². The van der Waals surface area contributed by atoms with Gasteiger partial charge in [0.2, 0.25) is 0 Å². The Morgan fingerprint density at radius 1 is 1.36 bits per heavy atom. The largest absolute Gasteiger partial charge is 0.444 e. The number of rotatable bonds is 1. The third-order valence-corrected chi connectivity index (χ3v) is 5.02. The number of carbonyl (C=O) groups excluding carboxylic acids is 1. The molecule has 120 valence electrons. The first-order valence-corrected chi connectivity index (χ1v) is 8.77. The Bertz CT molecular complexity index is 556. The van der Waals surface area contributed by atoms with Crippen LogP contribution in [0.1, 0.15) is 39.2 Å². The summed E-state index contributed by atoms with van der Waals surface area (Å²) in [5, 5.41) is 0. The van der Waals surface area contributed by atoms with Crippen LogP contribution in [0, 0.1) is 3.57 Å². The number of piperidine rings is 1. The number of morpholine rings is 1. The van der Waals surface area contributed by atoms with Gasteiger partial charge in [0, 0.05) is 3.57 Å². The van der Waals surface area contributed by atoms with E-state index in [0.717, 1.165) is 18.4 Å². The lowest BCUT2D eigenvalue weighted by Crippen LogP contribution is -2.62. The normalized spacial score (nSPS) is 27.8. The third-order valence-electron chi connectivity index (χ3n) is 4.30. The van der Waals surface area contributed by atoms with Gasteiger partial charge in [0.15, 0.2) is 0 Å². The molecule has 3 fully saturated rings. The zero-order chi connectivity index (χ0) is 16.0. The molecule has 0 spiro atoms. The molecule has 1 amide bonds. The molecule has 2 unspecified atom stereocenters. The summed E-state index contributed by atoms with van der Waals surface area (Å²) in [5.74, 6) is 0. The van der Waals surface area contributed by atoms with Crippen LogP contribution < -0.4 is 0 Å². The van der Waals surface area contributed by atoms with E-state index in [0.29, 0.717) is 13.2 Å². The molecule has 0 saturated carbocycles. The van der Waals surface area contributed by atoms with E-state index in [1.54, 1.807) is 0 Å². The summed E-state index contributed by atoms with van der Waals surface area (Å²) >= 11 is 2.30. The van der Waals surface area contributed by atoms with Gasteiger partial charge in [0.25, 0.3) is 0 Å². The van der Waals surface area contributed by atoms with Gasteiger partial charge in [-0.1, -0.05) is 12.1 Å². The molecule has 0 radical (unpaired) electrons. The zero-order valence-corrected chi connectivity index (χ0v) is 15.4. The van der Waals surface area contributed by atoms with Crippen LogP contribution in [0.4, 0.5) is 4.79 Å². The molecule has 1 aromatic carbocycles. The summed E-state index contributed by atoms with van der Waals surface area (Å²) < 4.78 is 12.9. The van der Waals surface area contributed by atoms with Gasteiger partial charge < -0.3 is 9.47 Å². The molecule has 0 aromatic heterocycles. The lowest BCUT2D eigenvalue weighted by Gasteiger charge is -2.52. The van der Waals surface area contributed by atoms with E-state index in [1.807, 2.05) is 25.7 Å². The van der Waals surface area contributed by atoms with Gasteiger partial charge in [-0.3, -0.25) is 4.90 Å². The molecule has 3 saturated heterocycles. The molecule has 3 heterocycles. The maximum atomic E-state index is 12.5. The minimum Gasteiger partial charge on any atom is -0.444 e. The summed E-state index contributed by atoms with van der Waals surface area (Å²) in [5.41, 5.74) is 0.306. The lowest BCUT2D eigenvalue weighted by molar-refractivity contribution is -0.175. The standard InChI is InChI=1S/C17H22INO3/c1-16(2,3)22-15(20)19-11-17(9-8-14(19)10-21-17)12-4-6-13(18)7-5-12/h4-7,14H,8-11H2,1-3H3. The van der Waals surface area contributed by atoms with Crippen LogP contribution in [0.15, 0.2) is 24.3 Å². The Labute approximate surface area is 145 Å². The first kappa shape index (κ1) is 16.1. The van der Waals surface area contributed by atoms with E-state index in [1.165, 1.54) is 3.57 Å². The lowest BCUT2D eigenvalue weighted by atomic mass is 9.80. The van der Waals surface area contributed by atoms with E-state index < -0.39 is 5.60 Å². The molecular formula is C17H22INO3. The van der Waals surface area contributed by atoms with Crippen LogP contribution in [0.25, 0.3) is 0 Å². The van der Waals surface area contributed by atoms with Crippen molar-refractivity contribution in [1.82, 2.24) is 4.90 Å². The molecule has 4 nitrogen and oxygen atoms in total. The molecule has 2 bridgehead atoms. The van der Waals surface area contributed by atoms with Crippen LogP contribution in [0.2, 0.25) is 0 Å². The molecule has 1 aromatic rings. The Morgan fingerprint density at radius 2 is 2.05 bits per heavy atom. The van der Waals surface area contributed by atoms with Crippen LogP contribution in [-0.4, -0.2) is 35.8 Å². The second kappa shape index (κ2) is 5.67. The number of carbonyl (C=O) groups is 1. The quantitative estimate of drug-likeness (QED) is 0.653. The van der Waals surface area contributed by atoms with Crippen LogP contribution in [0.5, 0.6) is 0 Å². The highest BCUT2D eigenvalue weighted by atomic mass is 127. The second-order valence-corrected chi connectivity index (χ2v) is 8.36. The molecule has 0 aliphatic carbocycles. The highest BCUT2D eigenvalue weighted by molar-refractivity contribution is 14.1. The van der Waals surface area contributed by atoms with Gasteiger partial charge in [0.05, 0.1) is 19.2 Å². The van der Waals surface area contributed by atoms with Crippen molar-refractivity contribution in [3.63, 3.8) is 0 Å². The molecule has 3 aliphatic heterocycles. The fraction of sp³-hybridized carbons (Fsp3) is 0.588. The Kier molecular flexibility index (Phi) is 4.14. The van der Waals surface area contributed by atoms with E-state index in [9.17, 15) is 4.79 Å². The smallest absolute Gasteiger partial charge is 0.410 e. The number of benzene rings is 1. The van der Waals surface area contributed by atoms with E-state index in [-0.39, 0.29) is 17.7 Å². The minimum absolute atomic E-state index is 0.139. The first-order chi connectivity index (χ1) is 10.3. The van der Waals surface area contributed by atoms with Crippen LogP contribution in [0.3, 0.4) is 0 Å². The number of halogens is 1. The van der Waals surface area contributed by atoms with E-state index >= 15 is 0 Å². The first-order valence-electron chi connectivity index (χ1n) is 7.69. The summed E-state index contributed by atoms with van der Waals surface area (Å²) in [4.78, 5) is 14.3. The molecule has 0 N–H and O–H groups in total. The predicted octanol–water partition coefficient (Wildman–Crippen LogP) is 3.92. The zero-order valence-electron chi connectivity index (χ0n) is 13.3. The average Bonchev–Trinajstić information content (AvgIpc) is 2.47. The van der Waals surface area contributed by atoms with Crippen molar-refractivity contribution >= 4 is 28.7 Å². The maximum absolute atomic E-state index is 12.5. The Hall–Kier alpha value is -0.820. The highest BCUT2D eigenvalue weighted by Gasteiger charge is 2.49. The molecule has 5 heteroatoms. The van der Waals surface area contributed by atoms with Crippen molar-refractivity contribution in [2.75, 3.05) is 13.2 Å². The van der Waals surface area contributed by atoms with Gasteiger partial charge in [0.1, 0.15) is 11.2 Å². The third kappa shape index (κ3) is 3.11. The number of hydrogen-bond donors (Lipinski definition) is 0. The van der Waals surface area contributed by atoms with Crippen molar-refractivity contribution in [1.29, 1.82) is 0 Å². The molecular weight excluding hydrogens is 393 g/mol. The Morgan fingerprint density at radius 3 is 2.59 bits per heavy atom. The van der Waals surface area contributed by atoms with Crippen molar-refractivity contribution in [2.45, 2.75) is 50.9 Å². The van der Waals surface area contributed by atoms with Crippen molar-refractivity contribution in [3.8, 4) is 0 Å². The second-order valence-electron chi connectivity index (χ2n) is 7.11. The number of hydrogen-bond acceptors (Lipinski definition) is 3. The van der Waals surface area contributed by atoms with Gasteiger partial charge in [-0.15, -0.1) is 0 Å². The van der Waals surface area contributed by atoms with Crippen LogP contribution in [-0.2, 0) is 15.1 Å². The van der Waals surface area contributed by atoms with Crippen molar-refractivity contribution in [3.05, 3.63) is 33.4 Å². The van der Waals surface area contributed by atoms with Gasteiger partial charge in [-0.25, -0.2) is 4.79 Å². The predicted molar refractivity (Wildman–Crippen MR) is 92.8 cm³/mol. The molecule has 3 aliphatic rings. The van der Waals surface area contributed by atoms with Gasteiger partial charge >= 0.3 is 6.09 Å². The fourth-order valence-corrected chi connectivity index (χ4v) is 3.55. The summed E-state index contributed by atoms with van der Waals surface area (Å²) in [6, 6.07) is 8.54.